The molecule has 0 saturated carbocycles. The molecule has 21 heavy (non-hydrogen) atoms. The predicted molar refractivity (Wildman–Crippen MR) is 82.4 cm³/mol. The smallest absolute Gasteiger partial charge is 0.264 e. The van der Waals surface area contributed by atoms with E-state index in [2.05, 4.69) is 4.98 Å². The van der Waals surface area contributed by atoms with Gasteiger partial charge >= 0.3 is 0 Å². The van der Waals surface area contributed by atoms with Gasteiger partial charge in [-0.2, -0.15) is 0 Å². The number of imidazole rings is 1. The topological polar surface area (TPSA) is 34.9 Å². The summed E-state index contributed by atoms with van der Waals surface area (Å²) in [6, 6.07) is 11.6. The van der Waals surface area contributed by atoms with E-state index >= 15 is 0 Å². The molecule has 0 saturated heterocycles. The zero-order chi connectivity index (χ0) is 15.0. The molecule has 5 heteroatoms. The van der Waals surface area contributed by atoms with Gasteiger partial charge in [-0.25, -0.2) is 9.37 Å². The highest BCUT2D eigenvalue weighted by atomic mass is 32.2. The summed E-state index contributed by atoms with van der Waals surface area (Å²) in [6.45, 7) is 1.96. The Labute approximate surface area is 125 Å². The Morgan fingerprint density at radius 1 is 1.19 bits per heavy atom. The van der Waals surface area contributed by atoms with Crippen molar-refractivity contribution in [2.24, 2.45) is 0 Å². The van der Waals surface area contributed by atoms with Gasteiger partial charge in [0, 0.05) is 11.6 Å². The zero-order valence-corrected chi connectivity index (χ0v) is 12.4. The van der Waals surface area contributed by atoms with E-state index in [-0.39, 0.29) is 11.7 Å². The normalized spacial score (nSPS) is 11.0. The van der Waals surface area contributed by atoms with Gasteiger partial charge in [0.1, 0.15) is 5.82 Å². The van der Waals surface area contributed by atoms with E-state index in [1.54, 1.807) is 18.2 Å². The number of carbonyl (C=O) groups excluding carboxylic acids is 1. The van der Waals surface area contributed by atoms with Crippen LogP contribution in [0, 0.1) is 12.7 Å². The van der Waals surface area contributed by atoms with Gasteiger partial charge in [0.15, 0.2) is 5.16 Å². The molecule has 3 aromatic rings. The fourth-order valence-electron chi connectivity index (χ4n) is 2.18. The van der Waals surface area contributed by atoms with Gasteiger partial charge in [-0.05, 0) is 37.4 Å². The minimum Gasteiger partial charge on any atom is -0.268 e. The lowest BCUT2D eigenvalue weighted by Crippen LogP contribution is -2.13. The highest BCUT2D eigenvalue weighted by molar-refractivity contribution is 7.98. The van der Waals surface area contributed by atoms with Gasteiger partial charge in [-0.1, -0.05) is 29.5 Å². The standard InChI is InChI=1S/C16H13FN2OS/c1-10-3-5-11(6-4-10)15(20)19-14-9-12(17)7-8-13(14)18-16(19)21-2/h3-9H,1-2H3. The second kappa shape index (κ2) is 5.33. The zero-order valence-electron chi connectivity index (χ0n) is 11.6. The molecule has 0 aliphatic heterocycles. The Hall–Kier alpha value is -2.14. The number of benzene rings is 2. The van der Waals surface area contributed by atoms with Crippen LogP contribution in [0.2, 0.25) is 0 Å². The summed E-state index contributed by atoms with van der Waals surface area (Å²) in [5.74, 6) is -0.583. The SMILES string of the molecule is CSc1nc2ccc(F)cc2n1C(=O)c1ccc(C)cc1. The maximum atomic E-state index is 13.5. The van der Waals surface area contributed by atoms with Crippen molar-refractivity contribution < 1.29 is 9.18 Å². The third kappa shape index (κ3) is 2.45. The molecule has 0 spiro atoms. The summed E-state index contributed by atoms with van der Waals surface area (Å²) in [5.41, 5.74) is 2.74. The van der Waals surface area contributed by atoms with Crippen LogP contribution >= 0.6 is 11.8 Å². The maximum Gasteiger partial charge on any atom is 0.264 e. The van der Waals surface area contributed by atoms with Crippen LogP contribution in [0.25, 0.3) is 11.0 Å². The van der Waals surface area contributed by atoms with Crippen molar-refractivity contribution >= 4 is 28.7 Å². The van der Waals surface area contributed by atoms with Crippen LogP contribution in [0.15, 0.2) is 47.6 Å². The van der Waals surface area contributed by atoms with Gasteiger partial charge in [0.05, 0.1) is 11.0 Å². The fourth-order valence-corrected chi connectivity index (χ4v) is 2.74. The van der Waals surface area contributed by atoms with Crippen LogP contribution < -0.4 is 0 Å². The molecule has 1 heterocycles. The maximum absolute atomic E-state index is 13.5. The molecule has 3 nitrogen and oxygen atoms in total. The number of carbonyl (C=O) groups is 1. The highest BCUT2D eigenvalue weighted by Gasteiger charge is 2.18. The molecular weight excluding hydrogens is 287 g/mol. The third-order valence-electron chi connectivity index (χ3n) is 3.27. The second-order valence-corrected chi connectivity index (χ2v) is 5.51. The van der Waals surface area contributed by atoms with E-state index in [9.17, 15) is 9.18 Å². The first-order valence-electron chi connectivity index (χ1n) is 6.43. The third-order valence-corrected chi connectivity index (χ3v) is 3.91. The van der Waals surface area contributed by atoms with Crippen molar-refractivity contribution in [3.05, 3.63) is 59.4 Å². The number of hydrogen-bond acceptors (Lipinski definition) is 3. The van der Waals surface area contributed by atoms with Gasteiger partial charge in [0.2, 0.25) is 0 Å². The molecule has 0 amide bonds. The number of hydrogen-bond donors (Lipinski definition) is 0. The average molecular weight is 300 g/mol. The van der Waals surface area contributed by atoms with E-state index in [1.807, 2.05) is 25.3 Å². The lowest BCUT2D eigenvalue weighted by Gasteiger charge is -2.06. The molecule has 3 rings (SSSR count). The predicted octanol–water partition coefficient (Wildman–Crippen LogP) is 3.89. The molecule has 0 bridgehead atoms. The molecule has 0 atom stereocenters. The Balaban J connectivity index is 2.20. The van der Waals surface area contributed by atoms with Gasteiger partial charge in [-0.15, -0.1) is 0 Å². The average Bonchev–Trinajstić information content (AvgIpc) is 2.85. The van der Waals surface area contributed by atoms with Crippen LogP contribution in [0.4, 0.5) is 4.39 Å². The number of nitrogens with zero attached hydrogens (tertiary/aromatic N) is 2. The molecule has 106 valence electrons. The molecule has 0 aliphatic carbocycles. The van der Waals surface area contributed by atoms with Crippen LogP contribution in [-0.4, -0.2) is 21.7 Å². The van der Waals surface area contributed by atoms with Crippen LogP contribution in [-0.2, 0) is 0 Å². The summed E-state index contributed by atoms with van der Waals surface area (Å²) in [4.78, 5) is 17.1. The molecule has 0 fully saturated rings. The van der Waals surface area contributed by atoms with Crippen molar-refractivity contribution in [3.63, 3.8) is 0 Å². The number of rotatable bonds is 2. The number of aromatic nitrogens is 2. The first kappa shape index (κ1) is 13.8. The number of aryl methyl sites for hydroxylation is 1. The minimum absolute atomic E-state index is 0.201. The summed E-state index contributed by atoms with van der Waals surface area (Å²) in [5, 5.41) is 0.557. The van der Waals surface area contributed by atoms with E-state index in [1.165, 1.54) is 28.5 Å². The summed E-state index contributed by atoms with van der Waals surface area (Å²) >= 11 is 1.36. The second-order valence-electron chi connectivity index (χ2n) is 4.74. The van der Waals surface area contributed by atoms with Crippen molar-refractivity contribution in [3.8, 4) is 0 Å². The number of fused-ring (bicyclic) bond motifs is 1. The van der Waals surface area contributed by atoms with Gasteiger partial charge < -0.3 is 0 Å². The summed E-state index contributed by atoms with van der Waals surface area (Å²) in [6.07, 6.45) is 1.84. The molecule has 0 radical (unpaired) electrons. The van der Waals surface area contributed by atoms with Crippen molar-refractivity contribution in [1.82, 2.24) is 9.55 Å². The first-order chi connectivity index (χ1) is 10.1. The number of halogens is 1. The molecule has 0 unspecified atom stereocenters. The Bertz CT molecular complexity index is 824. The van der Waals surface area contributed by atoms with Gasteiger partial charge in [0.25, 0.3) is 5.91 Å². The summed E-state index contributed by atoms with van der Waals surface area (Å²) in [7, 11) is 0. The first-order valence-corrected chi connectivity index (χ1v) is 7.66. The van der Waals surface area contributed by atoms with Crippen LogP contribution in [0.5, 0.6) is 0 Å². The quantitative estimate of drug-likeness (QED) is 0.673. The van der Waals surface area contributed by atoms with E-state index in [0.29, 0.717) is 21.8 Å². The monoisotopic (exact) mass is 300 g/mol. The Morgan fingerprint density at radius 3 is 2.57 bits per heavy atom. The minimum atomic E-state index is -0.381. The van der Waals surface area contributed by atoms with Crippen LogP contribution in [0.1, 0.15) is 15.9 Å². The van der Waals surface area contributed by atoms with E-state index < -0.39 is 0 Å². The van der Waals surface area contributed by atoms with Gasteiger partial charge in [-0.3, -0.25) is 9.36 Å². The molecule has 2 aromatic carbocycles. The van der Waals surface area contributed by atoms with Crippen molar-refractivity contribution in [1.29, 1.82) is 0 Å². The molecule has 1 aromatic heterocycles. The fraction of sp³-hybridized carbons (Fsp3) is 0.125. The molecule has 0 aliphatic rings. The number of thioether (sulfide) groups is 1. The van der Waals surface area contributed by atoms with E-state index in [4.69, 9.17) is 0 Å². The highest BCUT2D eigenvalue weighted by Crippen LogP contribution is 2.24. The van der Waals surface area contributed by atoms with E-state index in [0.717, 1.165) is 5.56 Å². The largest absolute Gasteiger partial charge is 0.268 e. The van der Waals surface area contributed by atoms with Crippen molar-refractivity contribution in [2.45, 2.75) is 12.1 Å². The lowest BCUT2D eigenvalue weighted by atomic mass is 10.1. The Morgan fingerprint density at radius 2 is 1.90 bits per heavy atom. The lowest BCUT2D eigenvalue weighted by molar-refractivity contribution is 0.0955. The summed E-state index contributed by atoms with van der Waals surface area (Å²) < 4.78 is 15.0. The Kier molecular flexibility index (Phi) is 3.51. The molecule has 0 N–H and O–H groups in total. The van der Waals surface area contributed by atoms with Crippen LogP contribution in [0.3, 0.4) is 0 Å². The molecular formula is C16H13FN2OS. The van der Waals surface area contributed by atoms with Crippen molar-refractivity contribution in [2.75, 3.05) is 6.26 Å².